The average Bonchev–Trinajstić information content (AvgIpc) is 2.65. The molecule has 0 radical (unpaired) electrons. The summed E-state index contributed by atoms with van der Waals surface area (Å²) >= 11 is 3.22. The molecule has 0 aliphatic carbocycles. The molecule has 2 saturated heterocycles. The summed E-state index contributed by atoms with van der Waals surface area (Å²) in [5, 5.41) is 3.36. The Morgan fingerprint density at radius 3 is 3.06 bits per heavy atom. The standard InChI is InChI=1S/C11H13BrN2O2/c12-10-4-3-9(16-10)11(15)14-5-1-2-7-8(14)6-13-7/h3-4,7-8,13H,1-2,5-6H2. The number of carbonyl (C=O) groups excluding carboxylic acids is 1. The van der Waals surface area contributed by atoms with Crippen LogP contribution in [0.3, 0.4) is 0 Å². The monoisotopic (exact) mass is 284 g/mol. The summed E-state index contributed by atoms with van der Waals surface area (Å²) in [6.07, 6.45) is 2.25. The number of fused-ring (bicyclic) bond motifs is 1. The molecular formula is C11H13BrN2O2. The van der Waals surface area contributed by atoms with Gasteiger partial charge in [-0.3, -0.25) is 4.79 Å². The number of carbonyl (C=O) groups is 1. The molecule has 1 N–H and O–H groups in total. The van der Waals surface area contributed by atoms with Crippen LogP contribution in [0, 0.1) is 0 Å². The van der Waals surface area contributed by atoms with Gasteiger partial charge in [-0.15, -0.1) is 0 Å². The van der Waals surface area contributed by atoms with Crippen molar-refractivity contribution in [3.8, 4) is 0 Å². The molecule has 0 bridgehead atoms. The zero-order valence-electron chi connectivity index (χ0n) is 8.78. The maximum Gasteiger partial charge on any atom is 0.289 e. The average molecular weight is 285 g/mol. The van der Waals surface area contributed by atoms with E-state index < -0.39 is 0 Å². The molecule has 1 amide bonds. The number of likely N-dealkylation sites (tertiary alicyclic amines) is 1. The van der Waals surface area contributed by atoms with Crippen molar-refractivity contribution in [3.63, 3.8) is 0 Å². The van der Waals surface area contributed by atoms with Crippen molar-refractivity contribution in [1.29, 1.82) is 0 Å². The van der Waals surface area contributed by atoms with Crippen molar-refractivity contribution in [3.05, 3.63) is 22.6 Å². The lowest BCUT2D eigenvalue weighted by molar-refractivity contribution is 0.0337. The molecule has 0 saturated carbocycles. The quantitative estimate of drug-likeness (QED) is 0.852. The van der Waals surface area contributed by atoms with E-state index in [-0.39, 0.29) is 5.91 Å². The number of halogens is 1. The second kappa shape index (κ2) is 3.89. The number of nitrogens with zero attached hydrogens (tertiary/aromatic N) is 1. The lowest BCUT2D eigenvalue weighted by atomic mass is 9.89. The van der Waals surface area contributed by atoms with Gasteiger partial charge in [0.2, 0.25) is 0 Å². The van der Waals surface area contributed by atoms with E-state index >= 15 is 0 Å². The first-order valence-corrected chi connectivity index (χ1v) is 6.35. The van der Waals surface area contributed by atoms with Crippen LogP contribution in [0.2, 0.25) is 0 Å². The first-order chi connectivity index (χ1) is 7.75. The van der Waals surface area contributed by atoms with Crippen LogP contribution in [0.5, 0.6) is 0 Å². The van der Waals surface area contributed by atoms with Crippen molar-refractivity contribution >= 4 is 21.8 Å². The Bertz CT molecular complexity index is 418. The summed E-state index contributed by atoms with van der Waals surface area (Å²) in [5.74, 6) is 0.446. The Morgan fingerprint density at radius 2 is 2.44 bits per heavy atom. The summed E-state index contributed by atoms with van der Waals surface area (Å²) in [7, 11) is 0. The van der Waals surface area contributed by atoms with E-state index in [0.717, 1.165) is 19.5 Å². The molecule has 3 heterocycles. The molecule has 5 heteroatoms. The highest BCUT2D eigenvalue weighted by Gasteiger charge is 2.40. The van der Waals surface area contributed by atoms with Crippen LogP contribution in [0.4, 0.5) is 0 Å². The summed E-state index contributed by atoms with van der Waals surface area (Å²) in [5.41, 5.74) is 0. The van der Waals surface area contributed by atoms with Crippen LogP contribution in [0.15, 0.2) is 21.2 Å². The van der Waals surface area contributed by atoms with E-state index in [0.29, 0.717) is 22.5 Å². The summed E-state index contributed by atoms with van der Waals surface area (Å²) < 4.78 is 5.92. The number of furan rings is 1. The predicted octanol–water partition coefficient (Wildman–Crippen LogP) is 1.62. The van der Waals surface area contributed by atoms with Crippen molar-refractivity contribution in [1.82, 2.24) is 10.2 Å². The molecule has 2 aliphatic rings. The van der Waals surface area contributed by atoms with E-state index in [2.05, 4.69) is 21.2 Å². The number of piperidine rings is 1. The van der Waals surface area contributed by atoms with Crippen molar-refractivity contribution < 1.29 is 9.21 Å². The van der Waals surface area contributed by atoms with Crippen LogP contribution in [-0.4, -0.2) is 36.0 Å². The molecule has 0 spiro atoms. The maximum absolute atomic E-state index is 12.2. The highest BCUT2D eigenvalue weighted by atomic mass is 79.9. The van der Waals surface area contributed by atoms with Crippen LogP contribution >= 0.6 is 15.9 Å². The van der Waals surface area contributed by atoms with Gasteiger partial charge in [-0.1, -0.05) is 0 Å². The molecule has 16 heavy (non-hydrogen) atoms. The second-order valence-electron chi connectivity index (χ2n) is 4.33. The zero-order valence-corrected chi connectivity index (χ0v) is 10.4. The molecule has 1 aromatic heterocycles. The lowest BCUT2D eigenvalue weighted by Gasteiger charge is -2.48. The van der Waals surface area contributed by atoms with Gasteiger partial charge in [0.1, 0.15) is 0 Å². The molecule has 2 aliphatic heterocycles. The van der Waals surface area contributed by atoms with E-state index in [1.165, 1.54) is 6.42 Å². The van der Waals surface area contributed by atoms with Crippen molar-refractivity contribution in [2.24, 2.45) is 0 Å². The van der Waals surface area contributed by atoms with Crippen LogP contribution < -0.4 is 5.32 Å². The molecule has 3 rings (SSSR count). The predicted molar refractivity (Wildman–Crippen MR) is 62.3 cm³/mol. The van der Waals surface area contributed by atoms with Gasteiger partial charge in [-0.2, -0.15) is 0 Å². The summed E-state index contributed by atoms with van der Waals surface area (Å²) in [6, 6.07) is 4.34. The molecule has 4 nitrogen and oxygen atoms in total. The van der Waals surface area contributed by atoms with E-state index in [4.69, 9.17) is 4.42 Å². The van der Waals surface area contributed by atoms with Crippen LogP contribution in [0.25, 0.3) is 0 Å². The van der Waals surface area contributed by atoms with Crippen LogP contribution in [0.1, 0.15) is 23.4 Å². The fraction of sp³-hybridized carbons (Fsp3) is 0.545. The van der Waals surface area contributed by atoms with E-state index in [1.807, 2.05) is 4.90 Å². The van der Waals surface area contributed by atoms with Crippen molar-refractivity contribution in [2.45, 2.75) is 24.9 Å². The molecular weight excluding hydrogens is 272 g/mol. The molecule has 0 aromatic carbocycles. The van der Waals surface area contributed by atoms with Gasteiger partial charge >= 0.3 is 0 Å². The van der Waals surface area contributed by atoms with Gasteiger partial charge in [0, 0.05) is 19.1 Å². The molecule has 86 valence electrons. The van der Waals surface area contributed by atoms with Gasteiger partial charge in [0.05, 0.1) is 6.04 Å². The number of amides is 1. The number of hydrogen-bond acceptors (Lipinski definition) is 3. The summed E-state index contributed by atoms with van der Waals surface area (Å²) in [6.45, 7) is 1.76. The number of nitrogens with one attached hydrogen (secondary N) is 1. The minimum Gasteiger partial charge on any atom is -0.444 e. The Kier molecular flexibility index (Phi) is 2.52. The Balaban J connectivity index is 1.79. The minimum absolute atomic E-state index is 0.0156. The smallest absolute Gasteiger partial charge is 0.289 e. The molecule has 2 unspecified atom stereocenters. The normalized spacial score (nSPS) is 28.4. The molecule has 2 fully saturated rings. The second-order valence-corrected chi connectivity index (χ2v) is 5.11. The van der Waals surface area contributed by atoms with Gasteiger partial charge in [0.25, 0.3) is 5.91 Å². The van der Waals surface area contributed by atoms with Gasteiger partial charge < -0.3 is 14.6 Å². The Morgan fingerprint density at radius 1 is 1.56 bits per heavy atom. The van der Waals surface area contributed by atoms with Gasteiger partial charge in [0.15, 0.2) is 10.4 Å². The SMILES string of the molecule is O=C(c1ccc(Br)o1)N1CCCC2NCC21. The third-order valence-corrected chi connectivity index (χ3v) is 3.84. The Labute approximate surface area is 102 Å². The molecule has 1 aromatic rings. The number of rotatable bonds is 1. The fourth-order valence-electron chi connectivity index (χ4n) is 2.48. The van der Waals surface area contributed by atoms with Crippen LogP contribution in [-0.2, 0) is 0 Å². The third kappa shape index (κ3) is 1.58. The largest absolute Gasteiger partial charge is 0.444 e. The zero-order chi connectivity index (χ0) is 11.1. The first kappa shape index (κ1) is 10.4. The summed E-state index contributed by atoms with van der Waals surface area (Å²) in [4.78, 5) is 14.1. The highest BCUT2D eigenvalue weighted by Crippen LogP contribution is 2.26. The maximum atomic E-state index is 12.2. The Hall–Kier alpha value is -0.810. The first-order valence-electron chi connectivity index (χ1n) is 5.55. The topological polar surface area (TPSA) is 45.5 Å². The van der Waals surface area contributed by atoms with E-state index in [9.17, 15) is 4.79 Å². The third-order valence-electron chi connectivity index (χ3n) is 3.41. The van der Waals surface area contributed by atoms with Gasteiger partial charge in [-0.05, 0) is 40.9 Å². The van der Waals surface area contributed by atoms with Crippen molar-refractivity contribution in [2.75, 3.05) is 13.1 Å². The highest BCUT2D eigenvalue weighted by molar-refractivity contribution is 9.10. The minimum atomic E-state index is 0.0156. The van der Waals surface area contributed by atoms with E-state index in [1.54, 1.807) is 12.1 Å². The van der Waals surface area contributed by atoms with Gasteiger partial charge in [-0.25, -0.2) is 0 Å². The molecule has 2 atom stereocenters. The number of hydrogen-bond donors (Lipinski definition) is 1. The fourth-order valence-corrected chi connectivity index (χ4v) is 2.79. The lowest BCUT2D eigenvalue weighted by Crippen LogP contribution is -2.68.